The zero-order valence-corrected chi connectivity index (χ0v) is 14.6. The molecular formula is C19H23NO4. The Morgan fingerprint density at radius 3 is 2.50 bits per heavy atom. The first-order valence-electron chi connectivity index (χ1n) is 8.32. The van der Waals surface area contributed by atoms with Gasteiger partial charge in [0.05, 0.1) is 5.71 Å². The van der Waals surface area contributed by atoms with Crippen molar-refractivity contribution in [3.8, 4) is 5.75 Å². The maximum Gasteiger partial charge on any atom is 0.369 e. The summed E-state index contributed by atoms with van der Waals surface area (Å²) >= 11 is 0. The molecule has 128 valence electrons. The van der Waals surface area contributed by atoms with Crippen molar-refractivity contribution in [2.75, 3.05) is 0 Å². The first kappa shape index (κ1) is 16.7. The summed E-state index contributed by atoms with van der Waals surface area (Å²) < 4.78 is 5.05. The number of carbonyl (C=O) groups excluding carboxylic acids is 2. The van der Waals surface area contributed by atoms with Gasteiger partial charge in [-0.15, -0.1) is 0 Å². The van der Waals surface area contributed by atoms with Crippen molar-refractivity contribution in [3.05, 3.63) is 29.8 Å². The SMILES string of the molecule is CC(=O)Oc1ccccc1C(=O)O/N=C1/C[C@H]2CC[C@]1(C)C2(C)C. The lowest BCUT2D eigenvalue weighted by Crippen LogP contribution is -2.32. The van der Waals surface area contributed by atoms with Crippen molar-refractivity contribution in [1.29, 1.82) is 0 Å². The molecule has 5 nitrogen and oxygen atoms in total. The zero-order chi connectivity index (χ0) is 17.5. The Kier molecular flexibility index (Phi) is 3.98. The highest BCUT2D eigenvalue weighted by molar-refractivity contribution is 5.96. The number of hydrogen-bond donors (Lipinski definition) is 0. The molecule has 0 aliphatic heterocycles. The minimum absolute atomic E-state index is 0.0205. The molecule has 0 N–H and O–H groups in total. The lowest BCUT2D eigenvalue weighted by Gasteiger charge is -2.34. The van der Waals surface area contributed by atoms with Gasteiger partial charge in [0.1, 0.15) is 11.3 Å². The largest absolute Gasteiger partial charge is 0.426 e. The van der Waals surface area contributed by atoms with E-state index < -0.39 is 11.9 Å². The number of fused-ring (bicyclic) bond motifs is 2. The Bertz CT molecular complexity index is 722. The van der Waals surface area contributed by atoms with Gasteiger partial charge in [-0.25, -0.2) is 4.79 Å². The van der Waals surface area contributed by atoms with Crippen molar-refractivity contribution in [2.45, 2.75) is 47.0 Å². The zero-order valence-electron chi connectivity index (χ0n) is 14.6. The monoisotopic (exact) mass is 329 g/mol. The van der Waals surface area contributed by atoms with Gasteiger partial charge < -0.3 is 9.57 Å². The van der Waals surface area contributed by atoms with Crippen LogP contribution in [-0.4, -0.2) is 17.7 Å². The molecule has 2 fully saturated rings. The number of rotatable bonds is 3. The highest BCUT2D eigenvalue weighted by Crippen LogP contribution is 2.64. The molecule has 3 rings (SSSR count). The molecule has 2 aliphatic carbocycles. The number of hydrogen-bond acceptors (Lipinski definition) is 5. The average Bonchev–Trinajstić information content (AvgIpc) is 2.85. The number of nitrogens with zero attached hydrogens (tertiary/aromatic N) is 1. The van der Waals surface area contributed by atoms with E-state index in [2.05, 4.69) is 25.9 Å². The Hall–Kier alpha value is -2.17. The van der Waals surface area contributed by atoms with Crippen molar-refractivity contribution in [2.24, 2.45) is 21.9 Å². The van der Waals surface area contributed by atoms with Crippen molar-refractivity contribution >= 4 is 17.7 Å². The van der Waals surface area contributed by atoms with E-state index in [1.165, 1.54) is 13.3 Å². The highest BCUT2D eigenvalue weighted by Gasteiger charge is 2.60. The number of benzene rings is 1. The van der Waals surface area contributed by atoms with E-state index in [4.69, 9.17) is 9.57 Å². The molecule has 5 heteroatoms. The number of esters is 1. The first-order chi connectivity index (χ1) is 11.3. The summed E-state index contributed by atoms with van der Waals surface area (Å²) in [6.07, 6.45) is 3.15. The molecule has 24 heavy (non-hydrogen) atoms. The number of carbonyl (C=O) groups is 2. The number of ether oxygens (including phenoxy) is 1. The summed E-state index contributed by atoms with van der Waals surface area (Å²) in [5.41, 5.74) is 1.31. The third-order valence-electron chi connectivity index (χ3n) is 6.11. The Balaban J connectivity index is 1.79. The molecular weight excluding hydrogens is 306 g/mol. The van der Waals surface area contributed by atoms with E-state index >= 15 is 0 Å². The van der Waals surface area contributed by atoms with Crippen LogP contribution in [0, 0.1) is 16.7 Å². The normalized spacial score (nSPS) is 28.8. The van der Waals surface area contributed by atoms with E-state index in [-0.39, 0.29) is 22.1 Å². The van der Waals surface area contributed by atoms with Crippen LogP contribution in [0.4, 0.5) is 0 Å². The maximum atomic E-state index is 12.4. The topological polar surface area (TPSA) is 65.0 Å². The van der Waals surface area contributed by atoms with Gasteiger partial charge in [0.15, 0.2) is 0 Å². The van der Waals surface area contributed by atoms with Gasteiger partial charge in [-0.1, -0.05) is 38.1 Å². The molecule has 2 bridgehead atoms. The standard InChI is InChI=1S/C19H23NO4/c1-12(21)23-15-8-6-5-7-14(15)17(22)24-20-16-11-13-9-10-19(16,4)18(13,2)3/h5-8,13H,9-11H2,1-4H3/b20-16-/t13-,19+/m1/s1. The Labute approximate surface area is 142 Å². The third-order valence-corrected chi connectivity index (χ3v) is 6.11. The quantitative estimate of drug-likeness (QED) is 0.364. The summed E-state index contributed by atoms with van der Waals surface area (Å²) in [6.45, 7) is 8.04. The predicted octanol–water partition coefficient (Wildman–Crippen LogP) is 3.97. The van der Waals surface area contributed by atoms with Crippen LogP contribution in [0.15, 0.2) is 29.4 Å². The summed E-state index contributed by atoms with van der Waals surface area (Å²) in [5, 5.41) is 4.20. The second kappa shape index (κ2) is 5.72. The van der Waals surface area contributed by atoms with Crippen molar-refractivity contribution in [3.63, 3.8) is 0 Å². The van der Waals surface area contributed by atoms with Gasteiger partial charge in [-0.05, 0) is 42.7 Å². The minimum atomic E-state index is -0.608. The molecule has 2 saturated carbocycles. The van der Waals surface area contributed by atoms with E-state index in [9.17, 15) is 9.59 Å². The van der Waals surface area contributed by atoms with Crippen molar-refractivity contribution in [1.82, 2.24) is 0 Å². The number of oxime groups is 1. The molecule has 0 radical (unpaired) electrons. The fourth-order valence-electron chi connectivity index (χ4n) is 4.09. The molecule has 1 aromatic rings. The van der Waals surface area contributed by atoms with Crippen LogP contribution in [0.3, 0.4) is 0 Å². The molecule has 2 aliphatic rings. The van der Waals surface area contributed by atoms with Crippen LogP contribution in [-0.2, 0) is 9.63 Å². The lowest BCUT2D eigenvalue weighted by molar-refractivity contribution is -0.131. The number of para-hydroxylation sites is 1. The van der Waals surface area contributed by atoms with E-state index in [1.807, 2.05) is 0 Å². The molecule has 1 aromatic carbocycles. The van der Waals surface area contributed by atoms with Crippen LogP contribution in [0.25, 0.3) is 0 Å². The average molecular weight is 329 g/mol. The fraction of sp³-hybridized carbons (Fsp3) is 0.526. The van der Waals surface area contributed by atoms with E-state index in [0.717, 1.165) is 18.6 Å². The molecule has 0 unspecified atom stereocenters. The maximum absolute atomic E-state index is 12.4. The molecule has 0 saturated heterocycles. The predicted molar refractivity (Wildman–Crippen MR) is 89.8 cm³/mol. The molecule has 0 amide bonds. The van der Waals surface area contributed by atoms with E-state index in [1.54, 1.807) is 24.3 Å². The summed E-state index contributed by atoms with van der Waals surface area (Å²) in [6, 6.07) is 6.51. The van der Waals surface area contributed by atoms with Crippen LogP contribution >= 0.6 is 0 Å². The van der Waals surface area contributed by atoms with Gasteiger partial charge in [-0.2, -0.15) is 0 Å². The summed E-state index contributed by atoms with van der Waals surface area (Å²) in [4.78, 5) is 28.7. The Morgan fingerprint density at radius 2 is 1.92 bits per heavy atom. The summed E-state index contributed by atoms with van der Waals surface area (Å²) in [5.74, 6) is -0.310. The fourth-order valence-corrected chi connectivity index (χ4v) is 4.09. The molecule has 0 aromatic heterocycles. The van der Waals surface area contributed by atoms with Crippen LogP contribution in [0.2, 0.25) is 0 Å². The first-order valence-corrected chi connectivity index (χ1v) is 8.32. The highest BCUT2D eigenvalue weighted by atomic mass is 16.7. The molecule has 2 atom stereocenters. The van der Waals surface area contributed by atoms with Gasteiger partial charge in [-0.3, -0.25) is 4.79 Å². The third kappa shape index (κ3) is 2.52. The van der Waals surface area contributed by atoms with Crippen LogP contribution < -0.4 is 4.74 Å². The van der Waals surface area contributed by atoms with Gasteiger partial charge in [0.25, 0.3) is 0 Å². The Morgan fingerprint density at radius 1 is 1.21 bits per heavy atom. The minimum Gasteiger partial charge on any atom is -0.426 e. The second-order valence-corrected chi connectivity index (χ2v) is 7.50. The second-order valence-electron chi connectivity index (χ2n) is 7.50. The van der Waals surface area contributed by atoms with E-state index in [0.29, 0.717) is 5.92 Å². The smallest absolute Gasteiger partial charge is 0.369 e. The summed E-state index contributed by atoms with van der Waals surface area (Å²) in [7, 11) is 0. The van der Waals surface area contributed by atoms with Gasteiger partial charge in [0.2, 0.25) is 0 Å². The van der Waals surface area contributed by atoms with Crippen molar-refractivity contribution < 1.29 is 19.2 Å². The van der Waals surface area contributed by atoms with Crippen LogP contribution in [0.1, 0.15) is 57.3 Å². The molecule has 0 heterocycles. The van der Waals surface area contributed by atoms with Crippen LogP contribution in [0.5, 0.6) is 5.75 Å². The van der Waals surface area contributed by atoms with Gasteiger partial charge >= 0.3 is 11.9 Å². The lowest BCUT2D eigenvalue weighted by atomic mass is 9.70. The molecule has 0 spiro atoms. The van der Waals surface area contributed by atoms with Gasteiger partial charge in [0, 0.05) is 12.3 Å².